The molecule has 0 spiro atoms. The lowest BCUT2D eigenvalue weighted by molar-refractivity contribution is -0.118. The lowest BCUT2D eigenvalue weighted by Crippen LogP contribution is -2.24. The van der Waals surface area contributed by atoms with Gasteiger partial charge in [-0.1, -0.05) is 25.1 Å². The molecule has 1 amide bonds. The third-order valence-electron chi connectivity index (χ3n) is 3.44. The lowest BCUT2D eigenvalue weighted by Gasteiger charge is -2.10. The highest BCUT2D eigenvalue weighted by molar-refractivity contribution is 7.89. The number of amides is 1. The molecule has 0 heterocycles. The van der Waals surface area contributed by atoms with E-state index in [9.17, 15) is 13.2 Å². The van der Waals surface area contributed by atoms with Gasteiger partial charge in [-0.2, -0.15) is 0 Å². The molecular weight excluding hydrogens is 340 g/mol. The summed E-state index contributed by atoms with van der Waals surface area (Å²) in [6.45, 7) is 4.05. The average Bonchev–Trinajstić information content (AvgIpc) is 2.60. The van der Waals surface area contributed by atoms with Crippen LogP contribution in [0.4, 0.5) is 5.69 Å². The molecular formula is C18H22N2O4S. The number of rotatable bonds is 8. The Labute approximate surface area is 148 Å². The minimum atomic E-state index is -3.51. The first-order chi connectivity index (χ1) is 11.9. The van der Waals surface area contributed by atoms with Crippen LogP contribution in [0.25, 0.3) is 0 Å². The maximum atomic E-state index is 12.0. The first-order valence-electron chi connectivity index (χ1n) is 8.00. The van der Waals surface area contributed by atoms with E-state index in [0.29, 0.717) is 24.4 Å². The van der Waals surface area contributed by atoms with E-state index in [0.717, 1.165) is 5.56 Å². The van der Waals surface area contributed by atoms with Gasteiger partial charge in [-0.05, 0) is 49.2 Å². The van der Waals surface area contributed by atoms with Gasteiger partial charge in [-0.3, -0.25) is 4.79 Å². The van der Waals surface area contributed by atoms with Crippen molar-refractivity contribution in [3.63, 3.8) is 0 Å². The topological polar surface area (TPSA) is 84.5 Å². The molecule has 0 aliphatic rings. The van der Waals surface area contributed by atoms with Gasteiger partial charge in [0.1, 0.15) is 5.75 Å². The zero-order valence-electron chi connectivity index (χ0n) is 14.3. The summed E-state index contributed by atoms with van der Waals surface area (Å²) in [7, 11) is -3.51. The van der Waals surface area contributed by atoms with E-state index < -0.39 is 10.0 Å². The van der Waals surface area contributed by atoms with E-state index in [-0.39, 0.29) is 17.4 Å². The summed E-state index contributed by atoms with van der Waals surface area (Å²) >= 11 is 0. The summed E-state index contributed by atoms with van der Waals surface area (Å²) in [4.78, 5) is 12.1. The van der Waals surface area contributed by atoms with Crippen LogP contribution in [-0.4, -0.2) is 27.5 Å². The molecule has 0 aliphatic carbocycles. The maximum Gasteiger partial charge on any atom is 0.262 e. The summed E-state index contributed by atoms with van der Waals surface area (Å²) in [5.74, 6) is 0.337. The Morgan fingerprint density at radius 3 is 2.40 bits per heavy atom. The molecule has 0 bridgehead atoms. The highest BCUT2D eigenvalue weighted by atomic mass is 32.2. The van der Waals surface area contributed by atoms with Gasteiger partial charge >= 0.3 is 0 Å². The van der Waals surface area contributed by atoms with E-state index in [1.165, 1.54) is 12.1 Å². The second-order valence-electron chi connectivity index (χ2n) is 5.52. The Hall–Kier alpha value is -2.38. The number of aryl methyl sites for hydroxylation is 1. The molecule has 2 N–H and O–H groups in total. The van der Waals surface area contributed by atoms with Crippen LogP contribution in [0.2, 0.25) is 0 Å². The highest BCUT2D eigenvalue weighted by Crippen LogP contribution is 2.17. The number of carbonyl (C=O) groups is 1. The largest absolute Gasteiger partial charge is 0.483 e. The van der Waals surface area contributed by atoms with Gasteiger partial charge in [0, 0.05) is 12.2 Å². The Morgan fingerprint density at radius 1 is 1.08 bits per heavy atom. The van der Waals surface area contributed by atoms with E-state index >= 15 is 0 Å². The number of ether oxygens (including phenoxy) is 1. The third-order valence-corrected chi connectivity index (χ3v) is 4.92. The number of anilines is 1. The smallest absolute Gasteiger partial charge is 0.262 e. The summed E-state index contributed by atoms with van der Waals surface area (Å²) in [5.41, 5.74) is 1.46. The first-order valence-corrected chi connectivity index (χ1v) is 9.48. The van der Waals surface area contributed by atoms with Crippen LogP contribution in [0.1, 0.15) is 18.9 Å². The monoisotopic (exact) mass is 362 g/mol. The van der Waals surface area contributed by atoms with Crippen LogP contribution >= 0.6 is 0 Å². The fraction of sp³-hybridized carbons (Fsp3) is 0.278. The van der Waals surface area contributed by atoms with E-state index in [1.807, 2.05) is 32.0 Å². The minimum absolute atomic E-state index is 0.122. The van der Waals surface area contributed by atoms with Crippen LogP contribution in [0.15, 0.2) is 53.4 Å². The number of para-hydroxylation sites is 1. The fourth-order valence-corrected chi connectivity index (χ4v) is 3.23. The predicted octanol–water partition coefficient (Wildman–Crippen LogP) is 2.70. The Bertz CT molecular complexity index is 817. The van der Waals surface area contributed by atoms with Crippen molar-refractivity contribution in [2.45, 2.75) is 25.2 Å². The lowest BCUT2D eigenvalue weighted by atomic mass is 10.2. The number of carbonyl (C=O) groups excluding carboxylic acids is 1. The molecule has 0 saturated carbocycles. The molecule has 0 saturated heterocycles. The summed E-state index contributed by atoms with van der Waals surface area (Å²) in [6, 6.07) is 13.4. The Kier molecular flexibility index (Phi) is 6.55. The van der Waals surface area contributed by atoms with Crippen LogP contribution in [0.5, 0.6) is 5.75 Å². The van der Waals surface area contributed by atoms with Gasteiger partial charge in [0.2, 0.25) is 10.0 Å². The minimum Gasteiger partial charge on any atom is -0.483 e. The molecule has 0 aliphatic heterocycles. The molecule has 134 valence electrons. The van der Waals surface area contributed by atoms with Crippen molar-refractivity contribution in [1.82, 2.24) is 4.72 Å². The van der Waals surface area contributed by atoms with Crippen molar-refractivity contribution in [3.8, 4) is 5.75 Å². The fourth-order valence-electron chi connectivity index (χ4n) is 2.10. The van der Waals surface area contributed by atoms with Crippen molar-refractivity contribution in [3.05, 3.63) is 54.1 Å². The molecule has 0 atom stereocenters. The van der Waals surface area contributed by atoms with E-state index in [2.05, 4.69) is 10.0 Å². The predicted molar refractivity (Wildman–Crippen MR) is 97.2 cm³/mol. The molecule has 0 fully saturated rings. The summed E-state index contributed by atoms with van der Waals surface area (Å²) < 4.78 is 32.0. The molecule has 6 nitrogen and oxygen atoms in total. The SMILES string of the molecule is CCCNS(=O)(=O)c1ccc(NC(=O)COc2ccccc2C)cc1. The second kappa shape index (κ2) is 8.64. The van der Waals surface area contributed by atoms with Crippen LogP contribution in [0, 0.1) is 6.92 Å². The number of benzene rings is 2. The highest BCUT2D eigenvalue weighted by Gasteiger charge is 2.13. The summed E-state index contributed by atoms with van der Waals surface area (Å²) in [6.07, 6.45) is 0.717. The zero-order chi connectivity index (χ0) is 18.3. The molecule has 2 rings (SSSR count). The molecule has 0 radical (unpaired) electrons. The second-order valence-corrected chi connectivity index (χ2v) is 7.29. The average molecular weight is 362 g/mol. The van der Waals surface area contributed by atoms with E-state index in [1.54, 1.807) is 18.2 Å². The standard InChI is InChI=1S/C18H22N2O4S/c1-3-12-19-25(22,23)16-10-8-15(9-11-16)20-18(21)13-24-17-7-5-4-6-14(17)2/h4-11,19H,3,12-13H2,1-2H3,(H,20,21). The van der Waals surface area contributed by atoms with Gasteiger partial charge in [-0.15, -0.1) is 0 Å². The van der Waals surface area contributed by atoms with Gasteiger partial charge in [0.15, 0.2) is 6.61 Å². The zero-order valence-corrected chi connectivity index (χ0v) is 15.1. The third kappa shape index (κ3) is 5.58. The molecule has 0 aromatic heterocycles. The van der Waals surface area contributed by atoms with Crippen LogP contribution < -0.4 is 14.8 Å². The maximum absolute atomic E-state index is 12.0. The van der Waals surface area contributed by atoms with Crippen molar-refractivity contribution in [1.29, 1.82) is 0 Å². The first kappa shape index (κ1) is 19.0. The number of hydrogen-bond acceptors (Lipinski definition) is 4. The molecule has 2 aromatic rings. The van der Waals surface area contributed by atoms with Crippen molar-refractivity contribution < 1.29 is 17.9 Å². The molecule has 0 unspecified atom stereocenters. The molecule has 7 heteroatoms. The Balaban J connectivity index is 1.92. The summed E-state index contributed by atoms with van der Waals surface area (Å²) in [5, 5.41) is 2.67. The van der Waals surface area contributed by atoms with Crippen LogP contribution in [0.3, 0.4) is 0 Å². The molecule has 25 heavy (non-hydrogen) atoms. The normalized spacial score (nSPS) is 11.1. The Morgan fingerprint density at radius 2 is 1.76 bits per heavy atom. The van der Waals surface area contributed by atoms with E-state index in [4.69, 9.17) is 4.74 Å². The van der Waals surface area contributed by atoms with Crippen LogP contribution in [-0.2, 0) is 14.8 Å². The van der Waals surface area contributed by atoms with Crippen molar-refractivity contribution in [2.24, 2.45) is 0 Å². The number of hydrogen-bond donors (Lipinski definition) is 2. The van der Waals surface area contributed by atoms with Crippen molar-refractivity contribution in [2.75, 3.05) is 18.5 Å². The van der Waals surface area contributed by atoms with Gasteiger partial charge in [0.05, 0.1) is 4.90 Å². The quantitative estimate of drug-likeness (QED) is 0.756. The number of nitrogens with one attached hydrogen (secondary N) is 2. The van der Waals surface area contributed by atoms with Crippen molar-refractivity contribution >= 4 is 21.6 Å². The van der Waals surface area contributed by atoms with Gasteiger partial charge in [0.25, 0.3) is 5.91 Å². The number of sulfonamides is 1. The molecule has 2 aromatic carbocycles. The van der Waals surface area contributed by atoms with Gasteiger partial charge in [-0.25, -0.2) is 13.1 Å². The van der Waals surface area contributed by atoms with Gasteiger partial charge < -0.3 is 10.1 Å².